The molecular weight excluding hydrogens is 188 g/mol. The molecule has 0 aliphatic rings. The minimum Gasteiger partial charge on any atom is -0.385 e. The SMILES string of the molecule is CCCN(CCNCCCOC)C(C)C. The van der Waals surface area contributed by atoms with E-state index in [9.17, 15) is 0 Å². The Labute approximate surface area is 95.2 Å². The molecule has 0 aliphatic heterocycles. The van der Waals surface area contributed by atoms with E-state index in [0.29, 0.717) is 6.04 Å². The van der Waals surface area contributed by atoms with E-state index in [1.54, 1.807) is 7.11 Å². The van der Waals surface area contributed by atoms with Gasteiger partial charge in [0.2, 0.25) is 0 Å². The highest BCUT2D eigenvalue weighted by atomic mass is 16.5. The minimum absolute atomic E-state index is 0.658. The number of rotatable bonds is 10. The molecule has 0 heterocycles. The number of nitrogens with zero attached hydrogens (tertiary/aromatic N) is 1. The normalized spacial score (nSPS) is 11.6. The van der Waals surface area contributed by atoms with E-state index in [-0.39, 0.29) is 0 Å². The summed E-state index contributed by atoms with van der Waals surface area (Å²) in [5, 5.41) is 3.44. The Hall–Kier alpha value is -0.120. The van der Waals surface area contributed by atoms with Gasteiger partial charge in [0.15, 0.2) is 0 Å². The van der Waals surface area contributed by atoms with Crippen LogP contribution in [0.25, 0.3) is 0 Å². The molecule has 0 bridgehead atoms. The van der Waals surface area contributed by atoms with Crippen LogP contribution in [0.3, 0.4) is 0 Å². The van der Waals surface area contributed by atoms with Gasteiger partial charge >= 0.3 is 0 Å². The van der Waals surface area contributed by atoms with Crippen molar-refractivity contribution in [1.29, 1.82) is 0 Å². The maximum Gasteiger partial charge on any atom is 0.0474 e. The Morgan fingerprint density at radius 1 is 1.20 bits per heavy atom. The Morgan fingerprint density at radius 3 is 2.47 bits per heavy atom. The van der Waals surface area contributed by atoms with E-state index in [2.05, 4.69) is 31.0 Å². The van der Waals surface area contributed by atoms with E-state index in [0.717, 1.165) is 32.7 Å². The van der Waals surface area contributed by atoms with Gasteiger partial charge in [-0.15, -0.1) is 0 Å². The molecule has 0 rings (SSSR count). The lowest BCUT2D eigenvalue weighted by Crippen LogP contribution is -2.37. The van der Waals surface area contributed by atoms with Gasteiger partial charge in [-0.3, -0.25) is 4.90 Å². The zero-order chi connectivity index (χ0) is 11.5. The third-order valence-corrected chi connectivity index (χ3v) is 2.52. The molecule has 3 nitrogen and oxygen atoms in total. The monoisotopic (exact) mass is 216 g/mol. The summed E-state index contributed by atoms with van der Waals surface area (Å²) in [6.07, 6.45) is 2.34. The lowest BCUT2D eigenvalue weighted by molar-refractivity contribution is 0.191. The van der Waals surface area contributed by atoms with Crippen molar-refractivity contribution >= 4 is 0 Å². The highest BCUT2D eigenvalue weighted by Gasteiger charge is 2.06. The van der Waals surface area contributed by atoms with Crippen LogP contribution in [0.5, 0.6) is 0 Å². The van der Waals surface area contributed by atoms with E-state index in [1.807, 2.05) is 0 Å². The van der Waals surface area contributed by atoms with E-state index in [1.165, 1.54) is 13.0 Å². The van der Waals surface area contributed by atoms with E-state index in [4.69, 9.17) is 4.74 Å². The fourth-order valence-corrected chi connectivity index (χ4v) is 1.60. The standard InChI is InChI=1S/C12H28N2O/c1-5-9-14(12(2)3)10-8-13-7-6-11-15-4/h12-13H,5-11H2,1-4H3. The average molecular weight is 216 g/mol. The van der Waals surface area contributed by atoms with Crippen molar-refractivity contribution in [3.05, 3.63) is 0 Å². The smallest absolute Gasteiger partial charge is 0.0474 e. The van der Waals surface area contributed by atoms with Crippen LogP contribution in [0.2, 0.25) is 0 Å². The van der Waals surface area contributed by atoms with Crippen molar-refractivity contribution in [3.8, 4) is 0 Å². The predicted octanol–water partition coefficient (Wildman–Crippen LogP) is 1.73. The largest absolute Gasteiger partial charge is 0.385 e. The summed E-state index contributed by atoms with van der Waals surface area (Å²) in [7, 11) is 1.75. The molecule has 0 aromatic rings. The third kappa shape index (κ3) is 8.85. The van der Waals surface area contributed by atoms with Gasteiger partial charge in [0.05, 0.1) is 0 Å². The van der Waals surface area contributed by atoms with Gasteiger partial charge in [0.1, 0.15) is 0 Å². The minimum atomic E-state index is 0.658. The summed E-state index contributed by atoms with van der Waals surface area (Å²) in [5.41, 5.74) is 0. The molecule has 15 heavy (non-hydrogen) atoms. The third-order valence-electron chi connectivity index (χ3n) is 2.52. The topological polar surface area (TPSA) is 24.5 Å². The summed E-state index contributed by atoms with van der Waals surface area (Å²) in [6, 6.07) is 0.658. The molecule has 0 aromatic carbocycles. The maximum atomic E-state index is 5.00. The van der Waals surface area contributed by atoms with Gasteiger partial charge in [-0.2, -0.15) is 0 Å². The van der Waals surface area contributed by atoms with Crippen LogP contribution in [0, 0.1) is 0 Å². The molecule has 92 valence electrons. The summed E-state index contributed by atoms with van der Waals surface area (Å²) in [5.74, 6) is 0. The molecule has 0 spiro atoms. The number of methoxy groups -OCH3 is 1. The van der Waals surface area contributed by atoms with Crippen molar-refractivity contribution in [2.24, 2.45) is 0 Å². The summed E-state index contributed by atoms with van der Waals surface area (Å²) in [6.45, 7) is 12.1. The van der Waals surface area contributed by atoms with Gasteiger partial charge in [-0.1, -0.05) is 6.92 Å². The van der Waals surface area contributed by atoms with Crippen molar-refractivity contribution < 1.29 is 4.74 Å². The van der Waals surface area contributed by atoms with Crippen molar-refractivity contribution in [2.75, 3.05) is 39.9 Å². The molecule has 0 aromatic heterocycles. The van der Waals surface area contributed by atoms with Crippen molar-refractivity contribution in [3.63, 3.8) is 0 Å². The van der Waals surface area contributed by atoms with Crippen LogP contribution < -0.4 is 5.32 Å². The number of ether oxygens (including phenoxy) is 1. The molecule has 0 unspecified atom stereocenters. The highest BCUT2D eigenvalue weighted by Crippen LogP contribution is 1.98. The zero-order valence-corrected chi connectivity index (χ0v) is 10.9. The van der Waals surface area contributed by atoms with Crippen LogP contribution in [0.1, 0.15) is 33.6 Å². The summed E-state index contributed by atoms with van der Waals surface area (Å²) >= 11 is 0. The van der Waals surface area contributed by atoms with E-state index < -0.39 is 0 Å². The zero-order valence-electron chi connectivity index (χ0n) is 10.9. The number of hydrogen-bond donors (Lipinski definition) is 1. The fourth-order valence-electron chi connectivity index (χ4n) is 1.60. The maximum absolute atomic E-state index is 5.00. The lowest BCUT2D eigenvalue weighted by Gasteiger charge is -2.25. The predicted molar refractivity (Wildman–Crippen MR) is 66.4 cm³/mol. The molecule has 0 fully saturated rings. The molecule has 0 saturated heterocycles. The van der Waals surface area contributed by atoms with Crippen LogP contribution in [-0.2, 0) is 4.74 Å². The second-order valence-corrected chi connectivity index (χ2v) is 4.23. The molecule has 1 N–H and O–H groups in total. The number of nitrogens with one attached hydrogen (secondary N) is 1. The quantitative estimate of drug-likeness (QED) is 0.563. The molecule has 0 radical (unpaired) electrons. The average Bonchev–Trinajstić information content (AvgIpc) is 2.21. The summed E-state index contributed by atoms with van der Waals surface area (Å²) < 4.78 is 5.00. The van der Waals surface area contributed by atoms with Crippen molar-refractivity contribution in [1.82, 2.24) is 10.2 Å². The summed E-state index contributed by atoms with van der Waals surface area (Å²) in [4.78, 5) is 2.52. The first-order valence-electron chi connectivity index (χ1n) is 6.16. The molecular formula is C12H28N2O. The second kappa shape index (κ2) is 10.4. The van der Waals surface area contributed by atoms with Gasteiger partial charge in [-0.25, -0.2) is 0 Å². The van der Waals surface area contributed by atoms with Gasteiger partial charge < -0.3 is 10.1 Å². The first kappa shape index (κ1) is 14.9. The molecule has 0 amide bonds. The van der Waals surface area contributed by atoms with Gasteiger partial charge in [0.25, 0.3) is 0 Å². The van der Waals surface area contributed by atoms with Crippen LogP contribution in [-0.4, -0.2) is 50.8 Å². The van der Waals surface area contributed by atoms with Crippen LogP contribution in [0.4, 0.5) is 0 Å². The van der Waals surface area contributed by atoms with Gasteiger partial charge in [-0.05, 0) is 39.8 Å². The fraction of sp³-hybridized carbons (Fsp3) is 1.00. The molecule has 0 aliphatic carbocycles. The molecule has 0 atom stereocenters. The van der Waals surface area contributed by atoms with Gasteiger partial charge in [0, 0.05) is 32.8 Å². The van der Waals surface area contributed by atoms with Crippen molar-refractivity contribution in [2.45, 2.75) is 39.7 Å². The molecule has 0 saturated carbocycles. The Morgan fingerprint density at radius 2 is 1.93 bits per heavy atom. The van der Waals surface area contributed by atoms with Crippen LogP contribution in [0.15, 0.2) is 0 Å². The highest BCUT2D eigenvalue weighted by molar-refractivity contribution is 4.63. The lowest BCUT2D eigenvalue weighted by atomic mass is 10.3. The molecule has 3 heteroatoms. The first-order valence-corrected chi connectivity index (χ1v) is 6.16. The Balaban J connectivity index is 3.37. The number of hydrogen-bond acceptors (Lipinski definition) is 3. The Kier molecular flexibility index (Phi) is 10.3. The van der Waals surface area contributed by atoms with E-state index >= 15 is 0 Å². The Bertz CT molecular complexity index is 129. The second-order valence-electron chi connectivity index (χ2n) is 4.23. The van der Waals surface area contributed by atoms with Crippen LogP contribution >= 0.6 is 0 Å². The first-order chi connectivity index (χ1) is 7.22.